The average Bonchev–Trinajstić information content (AvgIpc) is 2.48. The van der Waals surface area contributed by atoms with Crippen LogP contribution in [0.15, 0.2) is 42.9 Å². The van der Waals surface area contributed by atoms with Crippen molar-refractivity contribution in [3.8, 4) is 5.88 Å². The summed E-state index contributed by atoms with van der Waals surface area (Å²) in [5.41, 5.74) is 5.18. The maximum absolute atomic E-state index is 5.61. The molecule has 1 atom stereocenters. The Balaban J connectivity index is 1.98. The van der Waals surface area contributed by atoms with Crippen molar-refractivity contribution in [2.45, 2.75) is 18.9 Å². The lowest BCUT2D eigenvalue weighted by Gasteiger charge is -2.15. The summed E-state index contributed by atoms with van der Waals surface area (Å²) >= 11 is 0. The second-order valence-electron chi connectivity index (χ2n) is 4.34. The number of hydrazine groups is 1. The monoisotopic (exact) mass is 258 g/mol. The molecule has 0 radical (unpaired) electrons. The molecule has 1 unspecified atom stereocenters. The van der Waals surface area contributed by atoms with Gasteiger partial charge in [-0.05, 0) is 36.1 Å². The Morgan fingerprint density at radius 2 is 1.89 bits per heavy atom. The van der Waals surface area contributed by atoms with E-state index in [0.717, 1.165) is 18.4 Å². The SMILES string of the molecule is COc1ccc(CC(Cc2ccncc2)NN)cn1. The largest absolute Gasteiger partial charge is 0.481 e. The van der Waals surface area contributed by atoms with E-state index >= 15 is 0 Å². The quantitative estimate of drug-likeness (QED) is 0.599. The Bertz CT molecular complexity index is 487. The maximum Gasteiger partial charge on any atom is 0.212 e. The van der Waals surface area contributed by atoms with Crippen LogP contribution in [-0.4, -0.2) is 23.1 Å². The van der Waals surface area contributed by atoms with Crippen molar-refractivity contribution in [2.24, 2.45) is 5.84 Å². The van der Waals surface area contributed by atoms with Crippen LogP contribution in [0.2, 0.25) is 0 Å². The standard InChI is InChI=1S/C14H18N4O/c1-19-14-3-2-12(10-17-14)9-13(18-15)8-11-4-6-16-7-5-11/h2-7,10,13,18H,8-9,15H2,1H3. The number of pyridine rings is 2. The molecule has 2 heterocycles. The van der Waals surface area contributed by atoms with Gasteiger partial charge in [0.2, 0.25) is 5.88 Å². The van der Waals surface area contributed by atoms with Crippen LogP contribution in [0.5, 0.6) is 5.88 Å². The van der Waals surface area contributed by atoms with Crippen LogP contribution in [0, 0.1) is 0 Å². The zero-order chi connectivity index (χ0) is 13.5. The topological polar surface area (TPSA) is 73.1 Å². The number of methoxy groups -OCH3 is 1. The van der Waals surface area contributed by atoms with E-state index in [1.54, 1.807) is 19.5 Å². The highest BCUT2D eigenvalue weighted by atomic mass is 16.5. The van der Waals surface area contributed by atoms with Crippen LogP contribution >= 0.6 is 0 Å². The van der Waals surface area contributed by atoms with Crippen molar-refractivity contribution in [1.29, 1.82) is 0 Å². The minimum Gasteiger partial charge on any atom is -0.481 e. The number of aromatic nitrogens is 2. The van der Waals surface area contributed by atoms with E-state index < -0.39 is 0 Å². The van der Waals surface area contributed by atoms with E-state index in [-0.39, 0.29) is 6.04 Å². The van der Waals surface area contributed by atoms with Gasteiger partial charge in [-0.15, -0.1) is 0 Å². The smallest absolute Gasteiger partial charge is 0.212 e. The molecule has 100 valence electrons. The Morgan fingerprint density at radius 3 is 2.47 bits per heavy atom. The van der Waals surface area contributed by atoms with E-state index in [1.807, 2.05) is 30.5 Å². The van der Waals surface area contributed by atoms with Crippen molar-refractivity contribution in [3.05, 3.63) is 54.0 Å². The second kappa shape index (κ2) is 6.82. The molecule has 3 N–H and O–H groups in total. The molecule has 0 aliphatic carbocycles. The number of nitrogens with two attached hydrogens (primary N) is 1. The summed E-state index contributed by atoms with van der Waals surface area (Å²) in [6, 6.07) is 8.02. The van der Waals surface area contributed by atoms with Gasteiger partial charge in [-0.1, -0.05) is 6.07 Å². The fourth-order valence-corrected chi connectivity index (χ4v) is 1.93. The number of ether oxygens (including phenoxy) is 1. The van der Waals surface area contributed by atoms with Gasteiger partial charge in [-0.25, -0.2) is 4.98 Å². The Kier molecular flexibility index (Phi) is 4.83. The molecule has 2 rings (SSSR count). The van der Waals surface area contributed by atoms with Gasteiger partial charge in [0.25, 0.3) is 0 Å². The van der Waals surface area contributed by atoms with Gasteiger partial charge in [0.15, 0.2) is 0 Å². The summed E-state index contributed by atoms with van der Waals surface area (Å²) in [6.45, 7) is 0. The van der Waals surface area contributed by atoms with Crippen LogP contribution in [0.4, 0.5) is 0 Å². The Labute approximate surface area is 112 Å². The number of rotatable bonds is 6. The van der Waals surface area contributed by atoms with Crippen LogP contribution < -0.4 is 16.0 Å². The molecule has 0 fully saturated rings. The van der Waals surface area contributed by atoms with Gasteiger partial charge in [0.1, 0.15) is 0 Å². The second-order valence-corrected chi connectivity index (χ2v) is 4.34. The van der Waals surface area contributed by atoms with Gasteiger partial charge >= 0.3 is 0 Å². The summed E-state index contributed by atoms with van der Waals surface area (Å²) in [7, 11) is 1.61. The van der Waals surface area contributed by atoms with Crippen molar-refractivity contribution < 1.29 is 4.74 Å². The first-order valence-corrected chi connectivity index (χ1v) is 6.15. The maximum atomic E-state index is 5.61. The minimum absolute atomic E-state index is 0.164. The van der Waals surface area contributed by atoms with E-state index in [9.17, 15) is 0 Å². The third-order valence-electron chi connectivity index (χ3n) is 2.96. The molecular weight excluding hydrogens is 240 g/mol. The fraction of sp³-hybridized carbons (Fsp3) is 0.286. The number of nitrogens with zero attached hydrogens (tertiary/aromatic N) is 2. The molecule has 2 aromatic heterocycles. The summed E-state index contributed by atoms with van der Waals surface area (Å²) < 4.78 is 5.04. The van der Waals surface area contributed by atoms with E-state index in [0.29, 0.717) is 5.88 Å². The first-order chi connectivity index (χ1) is 9.31. The lowest BCUT2D eigenvalue weighted by molar-refractivity contribution is 0.397. The molecule has 0 amide bonds. The van der Waals surface area contributed by atoms with Crippen molar-refractivity contribution in [2.75, 3.05) is 7.11 Å². The first-order valence-electron chi connectivity index (χ1n) is 6.15. The summed E-state index contributed by atoms with van der Waals surface area (Å²) in [5, 5.41) is 0. The molecule has 5 heteroatoms. The molecule has 0 bridgehead atoms. The molecule has 0 aliphatic rings. The van der Waals surface area contributed by atoms with E-state index in [4.69, 9.17) is 10.6 Å². The third-order valence-corrected chi connectivity index (χ3v) is 2.96. The third kappa shape index (κ3) is 4.01. The molecule has 0 saturated carbocycles. The Morgan fingerprint density at radius 1 is 1.16 bits per heavy atom. The summed E-state index contributed by atoms with van der Waals surface area (Å²) in [6.07, 6.45) is 7.06. The van der Waals surface area contributed by atoms with Crippen molar-refractivity contribution >= 4 is 0 Å². The molecule has 2 aromatic rings. The molecular formula is C14H18N4O. The molecule has 0 saturated heterocycles. The van der Waals surface area contributed by atoms with Crippen molar-refractivity contribution in [1.82, 2.24) is 15.4 Å². The van der Waals surface area contributed by atoms with Gasteiger partial charge in [0, 0.05) is 30.7 Å². The lowest BCUT2D eigenvalue weighted by atomic mass is 10.0. The number of hydrogen-bond acceptors (Lipinski definition) is 5. The predicted molar refractivity (Wildman–Crippen MR) is 73.5 cm³/mol. The van der Waals surface area contributed by atoms with E-state index in [1.165, 1.54) is 5.56 Å². The van der Waals surface area contributed by atoms with Gasteiger partial charge in [-0.2, -0.15) is 0 Å². The van der Waals surface area contributed by atoms with Crippen molar-refractivity contribution in [3.63, 3.8) is 0 Å². The van der Waals surface area contributed by atoms with Crippen LogP contribution in [0.1, 0.15) is 11.1 Å². The van der Waals surface area contributed by atoms with Gasteiger partial charge in [0.05, 0.1) is 7.11 Å². The number of hydrogen-bond donors (Lipinski definition) is 2. The fourth-order valence-electron chi connectivity index (χ4n) is 1.93. The van der Waals surface area contributed by atoms with Crippen LogP contribution in [-0.2, 0) is 12.8 Å². The highest BCUT2D eigenvalue weighted by Crippen LogP contribution is 2.11. The zero-order valence-corrected chi connectivity index (χ0v) is 10.9. The van der Waals surface area contributed by atoms with Crippen LogP contribution in [0.25, 0.3) is 0 Å². The van der Waals surface area contributed by atoms with E-state index in [2.05, 4.69) is 15.4 Å². The molecule has 0 aromatic carbocycles. The minimum atomic E-state index is 0.164. The van der Waals surface area contributed by atoms with Gasteiger partial charge in [-0.3, -0.25) is 16.3 Å². The molecule has 0 aliphatic heterocycles. The summed E-state index contributed by atoms with van der Waals surface area (Å²) in [5.74, 6) is 6.23. The Hall–Kier alpha value is -1.98. The van der Waals surface area contributed by atoms with Crippen LogP contribution in [0.3, 0.4) is 0 Å². The highest BCUT2D eigenvalue weighted by Gasteiger charge is 2.09. The zero-order valence-electron chi connectivity index (χ0n) is 10.9. The normalized spacial score (nSPS) is 12.1. The molecule has 19 heavy (non-hydrogen) atoms. The number of nitrogens with one attached hydrogen (secondary N) is 1. The summed E-state index contributed by atoms with van der Waals surface area (Å²) in [4.78, 5) is 8.20. The predicted octanol–water partition coefficient (Wildman–Crippen LogP) is 1.10. The molecule has 0 spiro atoms. The average molecular weight is 258 g/mol. The first kappa shape index (κ1) is 13.5. The van der Waals surface area contributed by atoms with Gasteiger partial charge < -0.3 is 4.74 Å². The molecule has 5 nitrogen and oxygen atoms in total. The lowest BCUT2D eigenvalue weighted by Crippen LogP contribution is -2.38. The highest BCUT2D eigenvalue weighted by molar-refractivity contribution is 5.19.